The zero-order valence-electron chi connectivity index (χ0n) is 11.4. The molecule has 0 bridgehead atoms. The maximum Gasteiger partial charge on any atom is 0.343 e. The summed E-state index contributed by atoms with van der Waals surface area (Å²) in [6.07, 6.45) is 0.978. The van der Waals surface area contributed by atoms with Gasteiger partial charge in [-0.15, -0.1) is 0 Å². The number of nitrogens with zero attached hydrogens (tertiary/aromatic N) is 1. The Morgan fingerprint density at radius 3 is 2.40 bits per heavy atom. The summed E-state index contributed by atoms with van der Waals surface area (Å²) in [5.74, 6) is -1.71. The van der Waals surface area contributed by atoms with E-state index in [0.29, 0.717) is 0 Å². The second-order valence-electron chi connectivity index (χ2n) is 5.18. The number of hydrogen-bond acceptors (Lipinski definition) is 2. The van der Waals surface area contributed by atoms with E-state index in [0.717, 1.165) is 12.0 Å². The van der Waals surface area contributed by atoms with Gasteiger partial charge >= 0.3 is 5.97 Å². The van der Waals surface area contributed by atoms with Crippen LogP contribution in [0.2, 0.25) is 0 Å². The maximum atomic E-state index is 13.9. The molecule has 0 saturated carbocycles. The van der Waals surface area contributed by atoms with Crippen LogP contribution in [-0.2, 0) is 22.4 Å². The first-order valence-corrected chi connectivity index (χ1v) is 6.72. The first kappa shape index (κ1) is 14.5. The Bertz CT molecular complexity index is 514. The van der Waals surface area contributed by atoms with E-state index in [1.54, 1.807) is 0 Å². The van der Waals surface area contributed by atoms with E-state index in [2.05, 4.69) is 6.92 Å². The molecule has 1 aromatic rings. The molecule has 1 saturated heterocycles. The zero-order valence-corrected chi connectivity index (χ0v) is 11.4. The van der Waals surface area contributed by atoms with Gasteiger partial charge in [0.15, 0.2) is 0 Å². The van der Waals surface area contributed by atoms with Gasteiger partial charge in [-0.05, 0) is 17.5 Å². The molecule has 1 unspecified atom stereocenters. The van der Waals surface area contributed by atoms with Crippen LogP contribution in [0.1, 0.15) is 24.5 Å². The van der Waals surface area contributed by atoms with Crippen LogP contribution in [0, 0.1) is 0 Å². The minimum atomic E-state index is -2.29. The van der Waals surface area contributed by atoms with Crippen LogP contribution in [0.15, 0.2) is 24.3 Å². The smallest absolute Gasteiger partial charge is 0.343 e. The molecule has 4 nitrogen and oxygen atoms in total. The maximum absolute atomic E-state index is 13.9. The Labute approximate surface area is 117 Å². The van der Waals surface area contributed by atoms with Crippen LogP contribution >= 0.6 is 0 Å². The number of likely N-dealkylation sites (tertiary alicyclic amines) is 1. The summed E-state index contributed by atoms with van der Waals surface area (Å²) in [5, 5.41) is 8.81. The predicted octanol–water partition coefficient (Wildman–Crippen LogP) is 1.82. The van der Waals surface area contributed by atoms with Crippen molar-refractivity contribution >= 4 is 11.9 Å². The van der Waals surface area contributed by atoms with Crippen LogP contribution in [0.25, 0.3) is 0 Å². The van der Waals surface area contributed by atoms with E-state index < -0.39 is 11.6 Å². The summed E-state index contributed by atoms with van der Waals surface area (Å²) in [7, 11) is 0. The average molecular weight is 279 g/mol. The van der Waals surface area contributed by atoms with Crippen LogP contribution < -0.4 is 0 Å². The Kier molecular flexibility index (Phi) is 4.06. The van der Waals surface area contributed by atoms with Gasteiger partial charge in [-0.3, -0.25) is 4.79 Å². The average Bonchev–Trinajstić information content (AvgIpc) is 2.84. The summed E-state index contributed by atoms with van der Waals surface area (Å²) in [6.45, 7) is 1.86. The number of hydrogen-bond donors (Lipinski definition) is 1. The highest BCUT2D eigenvalue weighted by molar-refractivity contribution is 5.83. The van der Waals surface area contributed by atoms with Gasteiger partial charge < -0.3 is 10.0 Å². The highest BCUT2D eigenvalue weighted by atomic mass is 19.1. The third kappa shape index (κ3) is 2.98. The number of carbonyl (C=O) groups is 2. The minimum Gasteiger partial charge on any atom is -0.479 e. The Morgan fingerprint density at radius 1 is 1.30 bits per heavy atom. The molecule has 1 N–H and O–H groups in total. The number of carboxylic acid groups (broad SMARTS) is 1. The summed E-state index contributed by atoms with van der Waals surface area (Å²) in [4.78, 5) is 24.1. The normalized spacial score (nSPS) is 22.0. The van der Waals surface area contributed by atoms with Gasteiger partial charge in [0.1, 0.15) is 0 Å². The van der Waals surface area contributed by atoms with Crippen LogP contribution in [0.5, 0.6) is 0 Å². The Balaban J connectivity index is 1.97. The van der Waals surface area contributed by atoms with Crippen molar-refractivity contribution in [3.63, 3.8) is 0 Å². The molecular formula is C15H18FNO3. The number of rotatable bonds is 4. The molecule has 0 radical (unpaired) electrons. The lowest BCUT2D eigenvalue weighted by atomic mass is 10.1. The fourth-order valence-electron chi connectivity index (χ4n) is 2.34. The Hall–Kier alpha value is -1.91. The summed E-state index contributed by atoms with van der Waals surface area (Å²) in [6, 6.07) is 7.69. The Morgan fingerprint density at radius 2 is 1.90 bits per heavy atom. The van der Waals surface area contributed by atoms with Gasteiger partial charge in [-0.1, -0.05) is 31.2 Å². The first-order chi connectivity index (χ1) is 9.44. The molecule has 1 atom stereocenters. The third-order valence-corrected chi connectivity index (χ3v) is 3.74. The van der Waals surface area contributed by atoms with E-state index in [1.807, 2.05) is 24.3 Å². The van der Waals surface area contributed by atoms with Gasteiger partial charge in [-0.2, -0.15) is 0 Å². The van der Waals surface area contributed by atoms with E-state index in [4.69, 9.17) is 5.11 Å². The van der Waals surface area contributed by atoms with Crippen molar-refractivity contribution in [2.45, 2.75) is 31.9 Å². The molecule has 0 spiro atoms. The highest BCUT2D eigenvalue weighted by Gasteiger charge is 2.46. The lowest BCUT2D eigenvalue weighted by Gasteiger charge is -2.17. The van der Waals surface area contributed by atoms with Crippen LogP contribution in [0.4, 0.5) is 4.39 Å². The summed E-state index contributed by atoms with van der Waals surface area (Å²) < 4.78 is 13.9. The van der Waals surface area contributed by atoms with E-state index in [1.165, 1.54) is 10.5 Å². The quantitative estimate of drug-likeness (QED) is 0.914. The van der Waals surface area contributed by atoms with E-state index in [9.17, 15) is 14.0 Å². The molecule has 1 aliphatic heterocycles. The molecule has 1 aromatic carbocycles. The number of halogens is 1. The number of amides is 1. The van der Waals surface area contributed by atoms with Crippen molar-refractivity contribution in [1.29, 1.82) is 0 Å². The van der Waals surface area contributed by atoms with E-state index >= 15 is 0 Å². The van der Waals surface area contributed by atoms with Gasteiger partial charge in [0.05, 0.1) is 13.0 Å². The topological polar surface area (TPSA) is 57.6 Å². The van der Waals surface area contributed by atoms with Crippen molar-refractivity contribution in [2.24, 2.45) is 0 Å². The zero-order chi connectivity index (χ0) is 14.8. The number of carbonyl (C=O) groups excluding carboxylic acids is 1. The molecule has 1 heterocycles. The largest absolute Gasteiger partial charge is 0.479 e. The lowest BCUT2D eigenvalue weighted by molar-refractivity contribution is -0.150. The fourth-order valence-corrected chi connectivity index (χ4v) is 2.34. The number of alkyl halides is 1. The van der Waals surface area contributed by atoms with Gasteiger partial charge in [0.2, 0.25) is 11.6 Å². The molecule has 108 valence electrons. The monoisotopic (exact) mass is 279 g/mol. The number of carboxylic acids is 1. The highest BCUT2D eigenvalue weighted by Crippen LogP contribution is 2.26. The summed E-state index contributed by atoms with van der Waals surface area (Å²) in [5.41, 5.74) is -0.239. The van der Waals surface area contributed by atoms with Gasteiger partial charge in [0.25, 0.3) is 0 Å². The second kappa shape index (κ2) is 5.61. The third-order valence-electron chi connectivity index (χ3n) is 3.74. The van der Waals surface area contributed by atoms with Gasteiger partial charge in [-0.25, -0.2) is 9.18 Å². The minimum absolute atomic E-state index is 0.136. The number of benzene rings is 1. The van der Waals surface area contributed by atoms with E-state index in [-0.39, 0.29) is 31.8 Å². The van der Waals surface area contributed by atoms with Gasteiger partial charge in [0, 0.05) is 13.0 Å². The van der Waals surface area contributed by atoms with Crippen molar-refractivity contribution in [3.8, 4) is 0 Å². The molecule has 1 aliphatic rings. The standard InChI is InChI=1S/C15H18FNO3/c1-2-11-3-5-12(6-4-11)9-13(18)17-8-7-15(16,10-17)14(19)20/h3-6H,2,7-10H2,1H3,(H,19,20). The van der Waals surface area contributed by atoms with Crippen LogP contribution in [-0.4, -0.2) is 40.6 Å². The molecule has 2 rings (SSSR count). The predicted molar refractivity (Wildman–Crippen MR) is 72.2 cm³/mol. The first-order valence-electron chi connectivity index (χ1n) is 6.72. The molecular weight excluding hydrogens is 261 g/mol. The molecule has 1 amide bonds. The second-order valence-corrected chi connectivity index (χ2v) is 5.18. The number of aryl methyl sites for hydroxylation is 1. The van der Waals surface area contributed by atoms with Crippen LogP contribution in [0.3, 0.4) is 0 Å². The molecule has 1 fully saturated rings. The van der Waals surface area contributed by atoms with Crippen molar-refractivity contribution in [3.05, 3.63) is 35.4 Å². The number of aliphatic carboxylic acids is 1. The fraction of sp³-hybridized carbons (Fsp3) is 0.467. The molecule has 5 heteroatoms. The summed E-state index contributed by atoms with van der Waals surface area (Å²) >= 11 is 0. The molecule has 0 aliphatic carbocycles. The SMILES string of the molecule is CCc1ccc(CC(=O)N2CCC(F)(C(=O)O)C2)cc1. The van der Waals surface area contributed by atoms with Crippen molar-refractivity contribution in [1.82, 2.24) is 4.90 Å². The molecule has 20 heavy (non-hydrogen) atoms. The lowest BCUT2D eigenvalue weighted by Crippen LogP contribution is -2.39. The molecule has 0 aromatic heterocycles. The van der Waals surface area contributed by atoms with Crippen molar-refractivity contribution in [2.75, 3.05) is 13.1 Å². The van der Waals surface area contributed by atoms with Crippen molar-refractivity contribution < 1.29 is 19.1 Å².